The summed E-state index contributed by atoms with van der Waals surface area (Å²) in [6.07, 6.45) is 5.55. The van der Waals surface area contributed by atoms with E-state index in [-0.39, 0.29) is 10.8 Å². The molecule has 0 N–H and O–H groups in total. The molecule has 0 aliphatic heterocycles. The van der Waals surface area contributed by atoms with Crippen molar-refractivity contribution in [3.8, 4) is 67.8 Å². The smallest absolute Gasteiger partial charge is 0.164 e. The topological polar surface area (TPSA) is 48.5 Å². The van der Waals surface area contributed by atoms with Gasteiger partial charge in [0.2, 0.25) is 0 Å². The fourth-order valence-corrected chi connectivity index (χ4v) is 11.2. The standard InChI is InChI=1S/C68H53N5/c1-67(2,3)59-27-14-11-24-54(59)46-30-32-48(33-31-46)65-69-64(47-18-7-5-8-19-47)70-66(71-65)50-20-17-21-51(42-50)68(4)41-40-57-55-25-12-15-28-60(55)73(63(57)44-68)53-37-34-45(35-38-53)49-36-39-62-58(43-49)56-26-13-16-29-61(56)72(62)52-22-9-6-10-23-52/h5-43H,44H2,1-4H3. The molecule has 1 atom stereocenters. The average Bonchev–Trinajstić information content (AvgIpc) is 3.95. The molecule has 0 saturated heterocycles. The lowest BCUT2D eigenvalue weighted by Crippen LogP contribution is -2.26. The zero-order chi connectivity index (χ0) is 49.3. The first kappa shape index (κ1) is 44.0. The van der Waals surface area contributed by atoms with Gasteiger partial charge in [0.05, 0.1) is 16.6 Å². The molecule has 9 aromatic carbocycles. The van der Waals surface area contributed by atoms with Crippen molar-refractivity contribution in [2.24, 2.45) is 0 Å². The Kier molecular flexibility index (Phi) is 10.5. The van der Waals surface area contributed by atoms with Gasteiger partial charge in [-0.05, 0) is 93.4 Å². The summed E-state index contributed by atoms with van der Waals surface area (Å²) in [7, 11) is 0. The third kappa shape index (κ3) is 7.76. The molecule has 1 aliphatic rings. The van der Waals surface area contributed by atoms with Crippen LogP contribution >= 0.6 is 0 Å². The van der Waals surface area contributed by atoms with E-state index in [2.05, 4.69) is 255 Å². The Morgan fingerprint density at radius 2 is 0.945 bits per heavy atom. The highest BCUT2D eigenvalue weighted by molar-refractivity contribution is 6.10. The number of allylic oxidation sites excluding steroid dienone is 1. The largest absolute Gasteiger partial charge is 0.313 e. The number of aromatic nitrogens is 5. The van der Waals surface area contributed by atoms with Crippen LogP contribution in [0, 0.1) is 0 Å². The summed E-state index contributed by atoms with van der Waals surface area (Å²) < 4.78 is 4.85. The molecule has 1 unspecified atom stereocenters. The minimum atomic E-state index is -0.319. The zero-order valence-electron chi connectivity index (χ0n) is 41.5. The van der Waals surface area contributed by atoms with E-state index in [1.54, 1.807) is 0 Å². The predicted molar refractivity (Wildman–Crippen MR) is 303 cm³/mol. The number of hydrogen-bond acceptors (Lipinski definition) is 3. The highest BCUT2D eigenvalue weighted by atomic mass is 15.0. The van der Waals surface area contributed by atoms with E-state index >= 15 is 0 Å². The Balaban J connectivity index is 0.846. The normalized spacial score (nSPS) is 14.5. The van der Waals surface area contributed by atoms with E-state index in [1.807, 2.05) is 18.2 Å². The van der Waals surface area contributed by atoms with Crippen molar-refractivity contribution in [3.63, 3.8) is 0 Å². The molecule has 350 valence electrons. The number of rotatable bonds is 8. The molecule has 0 bridgehead atoms. The molecule has 13 rings (SSSR count). The maximum absolute atomic E-state index is 5.21. The molecule has 0 spiro atoms. The second kappa shape index (κ2) is 17.4. The lowest BCUT2D eigenvalue weighted by atomic mass is 9.74. The van der Waals surface area contributed by atoms with Crippen LogP contribution in [0.2, 0.25) is 0 Å². The molecule has 5 heteroatoms. The molecule has 0 fully saturated rings. The van der Waals surface area contributed by atoms with Crippen LogP contribution in [-0.4, -0.2) is 24.1 Å². The van der Waals surface area contributed by atoms with Crippen LogP contribution in [0.1, 0.15) is 50.1 Å². The first-order valence-electron chi connectivity index (χ1n) is 25.3. The Hall–Kier alpha value is -8.93. The maximum Gasteiger partial charge on any atom is 0.164 e. The van der Waals surface area contributed by atoms with Gasteiger partial charge < -0.3 is 9.13 Å². The quantitative estimate of drug-likeness (QED) is 0.152. The third-order valence-corrected chi connectivity index (χ3v) is 15.0. The van der Waals surface area contributed by atoms with Gasteiger partial charge in [-0.3, -0.25) is 0 Å². The van der Waals surface area contributed by atoms with Crippen molar-refractivity contribution < 1.29 is 0 Å². The second-order valence-electron chi connectivity index (χ2n) is 20.7. The minimum Gasteiger partial charge on any atom is -0.313 e. The van der Waals surface area contributed by atoms with Gasteiger partial charge in [-0.25, -0.2) is 15.0 Å². The highest BCUT2D eigenvalue weighted by Crippen LogP contribution is 2.43. The van der Waals surface area contributed by atoms with Gasteiger partial charge in [0, 0.05) is 67.3 Å². The van der Waals surface area contributed by atoms with E-state index in [1.165, 1.54) is 77.3 Å². The van der Waals surface area contributed by atoms with Gasteiger partial charge in [0.25, 0.3) is 0 Å². The van der Waals surface area contributed by atoms with Crippen molar-refractivity contribution in [2.45, 2.75) is 44.9 Å². The molecule has 73 heavy (non-hydrogen) atoms. The molecular formula is C68H53N5. The second-order valence-corrected chi connectivity index (χ2v) is 20.7. The summed E-state index contributed by atoms with van der Waals surface area (Å²) in [5.41, 5.74) is 18.3. The Morgan fingerprint density at radius 1 is 0.411 bits per heavy atom. The van der Waals surface area contributed by atoms with Crippen LogP contribution in [-0.2, 0) is 17.3 Å². The Labute approximate surface area is 426 Å². The van der Waals surface area contributed by atoms with Crippen molar-refractivity contribution in [3.05, 3.63) is 253 Å². The maximum atomic E-state index is 5.21. The molecule has 12 aromatic rings. The number of nitrogens with zero attached hydrogens (tertiary/aromatic N) is 5. The van der Waals surface area contributed by atoms with Crippen LogP contribution in [0.5, 0.6) is 0 Å². The van der Waals surface area contributed by atoms with Crippen molar-refractivity contribution >= 4 is 38.8 Å². The summed E-state index contributed by atoms with van der Waals surface area (Å²) in [6, 6.07) is 80.6. The number of para-hydroxylation sites is 3. The number of hydrogen-bond donors (Lipinski definition) is 0. The van der Waals surface area contributed by atoms with Crippen molar-refractivity contribution in [1.82, 2.24) is 24.1 Å². The number of benzene rings is 9. The van der Waals surface area contributed by atoms with Crippen LogP contribution in [0.4, 0.5) is 0 Å². The first-order chi connectivity index (χ1) is 35.7. The molecule has 0 saturated carbocycles. The summed E-state index contributed by atoms with van der Waals surface area (Å²) in [5.74, 6) is 1.94. The predicted octanol–water partition coefficient (Wildman–Crippen LogP) is 17.1. The van der Waals surface area contributed by atoms with Crippen LogP contribution in [0.15, 0.2) is 231 Å². The molecule has 3 aromatic heterocycles. The third-order valence-electron chi connectivity index (χ3n) is 15.0. The summed E-state index contributed by atoms with van der Waals surface area (Å²) in [6.45, 7) is 9.16. The summed E-state index contributed by atoms with van der Waals surface area (Å²) in [4.78, 5) is 15.5. The Morgan fingerprint density at radius 3 is 1.67 bits per heavy atom. The van der Waals surface area contributed by atoms with Crippen molar-refractivity contribution in [2.75, 3.05) is 0 Å². The minimum absolute atomic E-state index is 0.0151. The lowest BCUT2D eigenvalue weighted by molar-refractivity contribution is 0.573. The van der Waals surface area contributed by atoms with Gasteiger partial charge in [-0.1, -0.05) is 210 Å². The zero-order valence-corrected chi connectivity index (χ0v) is 41.5. The molecule has 0 amide bonds. The molecule has 5 nitrogen and oxygen atoms in total. The summed E-state index contributed by atoms with van der Waals surface area (Å²) >= 11 is 0. The van der Waals surface area contributed by atoms with Gasteiger partial charge >= 0.3 is 0 Å². The fourth-order valence-electron chi connectivity index (χ4n) is 11.2. The molecule has 3 heterocycles. The van der Waals surface area contributed by atoms with E-state index in [0.717, 1.165) is 34.5 Å². The fraction of sp³-hybridized carbons (Fsp3) is 0.103. The van der Waals surface area contributed by atoms with E-state index in [4.69, 9.17) is 15.0 Å². The van der Waals surface area contributed by atoms with Gasteiger partial charge in [0.15, 0.2) is 17.5 Å². The molecule has 0 radical (unpaired) electrons. The van der Waals surface area contributed by atoms with Crippen molar-refractivity contribution in [1.29, 1.82) is 0 Å². The van der Waals surface area contributed by atoms with Crippen LogP contribution < -0.4 is 0 Å². The van der Waals surface area contributed by atoms with Gasteiger partial charge in [-0.15, -0.1) is 0 Å². The van der Waals surface area contributed by atoms with E-state index in [9.17, 15) is 0 Å². The highest BCUT2D eigenvalue weighted by Gasteiger charge is 2.33. The van der Waals surface area contributed by atoms with E-state index < -0.39 is 0 Å². The average molecular weight is 940 g/mol. The lowest BCUT2D eigenvalue weighted by Gasteiger charge is -2.31. The first-order valence-corrected chi connectivity index (χ1v) is 25.3. The molecule has 1 aliphatic carbocycles. The SMILES string of the molecule is CC(C)(C)c1ccccc1-c1ccc(-c2nc(-c3ccccc3)nc(-c3cccc(C4(C)C=Cc5c(n(-c6ccc(-c7ccc8c(c7)c7ccccc7n8-c7ccccc7)cc6)c6ccccc56)C4)c3)n2)cc1. The van der Waals surface area contributed by atoms with Crippen LogP contribution in [0.25, 0.3) is 107 Å². The Bertz CT molecular complexity index is 4080. The number of fused-ring (bicyclic) bond motifs is 6. The summed E-state index contributed by atoms with van der Waals surface area (Å²) in [5, 5.41) is 3.76. The monoisotopic (exact) mass is 939 g/mol. The van der Waals surface area contributed by atoms with Crippen LogP contribution in [0.3, 0.4) is 0 Å². The van der Waals surface area contributed by atoms with Gasteiger partial charge in [0.1, 0.15) is 0 Å². The van der Waals surface area contributed by atoms with E-state index in [0.29, 0.717) is 17.5 Å². The molecular weight excluding hydrogens is 887 g/mol. The van der Waals surface area contributed by atoms with Gasteiger partial charge in [-0.2, -0.15) is 0 Å².